The molecule has 0 bridgehead atoms. The SMILES string of the molecule is CCN(CC)CCNc1ccc(NC=C2C(=O)Nc3ccc(F)cc32)cc1C. The fourth-order valence-corrected chi connectivity index (χ4v) is 3.30. The highest BCUT2D eigenvalue weighted by Gasteiger charge is 2.24. The molecule has 0 radical (unpaired) electrons. The van der Waals surface area contributed by atoms with Crippen LogP contribution in [0.5, 0.6) is 0 Å². The Balaban J connectivity index is 1.66. The van der Waals surface area contributed by atoms with E-state index in [-0.39, 0.29) is 11.7 Å². The smallest absolute Gasteiger partial charge is 0.257 e. The van der Waals surface area contributed by atoms with Gasteiger partial charge in [0.15, 0.2) is 0 Å². The normalized spacial score (nSPS) is 14.3. The third-order valence-corrected chi connectivity index (χ3v) is 5.01. The van der Waals surface area contributed by atoms with Crippen molar-refractivity contribution in [1.29, 1.82) is 0 Å². The summed E-state index contributed by atoms with van der Waals surface area (Å²) in [6, 6.07) is 10.3. The van der Waals surface area contributed by atoms with Crippen LogP contribution in [-0.2, 0) is 4.79 Å². The summed E-state index contributed by atoms with van der Waals surface area (Å²) in [6.45, 7) is 10.4. The number of carbonyl (C=O) groups is 1. The van der Waals surface area contributed by atoms with Gasteiger partial charge in [0.25, 0.3) is 5.91 Å². The molecule has 1 heterocycles. The van der Waals surface area contributed by atoms with Crippen LogP contribution in [0.4, 0.5) is 21.5 Å². The zero-order valence-corrected chi connectivity index (χ0v) is 16.6. The Hall–Kier alpha value is -2.86. The second-order valence-corrected chi connectivity index (χ2v) is 6.83. The van der Waals surface area contributed by atoms with Crippen molar-refractivity contribution in [1.82, 2.24) is 4.90 Å². The van der Waals surface area contributed by atoms with E-state index in [9.17, 15) is 9.18 Å². The largest absolute Gasteiger partial charge is 0.384 e. The lowest BCUT2D eigenvalue weighted by atomic mass is 10.1. The molecule has 1 amide bonds. The lowest BCUT2D eigenvalue weighted by Gasteiger charge is -2.19. The van der Waals surface area contributed by atoms with Crippen LogP contribution in [0.15, 0.2) is 42.6 Å². The Morgan fingerprint density at radius 1 is 1.14 bits per heavy atom. The van der Waals surface area contributed by atoms with Gasteiger partial charge in [-0.05, 0) is 62.0 Å². The van der Waals surface area contributed by atoms with E-state index in [1.807, 2.05) is 25.1 Å². The number of amides is 1. The number of nitrogens with zero attached hydrogens (tertiary/aromatic N) is 1. The Morgan fingerprint density at radius 3 is 2.64 bits per heavy atom. The number of aryl methyl sites for hydroxylation is 1. The van der Waals surface area contributed by atoms with Crippen molar-refractivity contribution in [2.24, 2.45) is 0 Å². The van der Waals surface area contributed by atoms with Crippen LogP contribution in [0.2, 0.25) is 0 Å². The summed E-state index contributed by atoms with van der Waals surface area (Å²) < 4.78 is 13.5. The average Bonchev–Trinajstić information content (AvgIpc) is 2.99. The summed E-state index contributed by atoms with van der Waals surface area (Å²) in [5.74, 6) is -0.600. The molecule has 28 heavy (non-hydrogen) atoms. The number of rotatable bonds is 8. The molecule has 0 saturated heterocycles. The number of benzene rings is 2. The number of hydrogen-bond donors (Lipinski definition) is 3. The first-order valence-corrected chi connectivity index (χ1v) is 9.66. The van der Waals surface area contributed by atoms with Gasteiger partial charge in [-0.25, -0.2) is 4.39 Å². The predicted molar refractivity (Wildman–Crippen MR) is 114 cm³/mol. The Bertz CT molecular complexity index is 890. The minimum absolute atomic E-state index is 0.237. The third-order valence-electron chi connectivity index (χ3n) is 5.01. The third kappa shape index (κ3) is 4.51. The zero-order valence-electron chi connectivity index (χ0n) is 16.6. The summed E-state index contributed by atoms with van der Waals surface area (Å²) in [6.07, 6.45) is 1.63. The van der Waals surface area contributed by atoms with Crippen molar-refractivity contribution in [3.63, 3.8) is 0 Å². The van der Waals surface area contributed by atoms with Crippen LogP contribution in [0.3, 0.4) is 0 Å². The molecule has 1 aliphatic heterocycles. The zero-order chi connectivity index (χ0) is 20.1. The molecule has 0 aromatic heterocycles. The molecule has 0 atom stereocenters. The maximum atomic E-state index is 13.5. The predicted octanol–water partition coefficient (Wildman–Crippen LogP) is 4.29. The van der Waals surface area contributed by atoms with E-state index < -0.39 is 0 Å². The number of nitrogens with one attached hydrogen (secondary N) is 3. The highest BCUT2D eigenvalue weighted by Crippen LogP contribution is 2.32. The molecule has 0 fully saturated rings. The maximum absolute atomic E-state index is 13.5. The molecule has 3 rings (SSSR count). The van der Waals surface area contributed by atoms with E-state index in [2.05, 4.69) is 34.7 Å². The van der Waals surface area contributed by atoms with Crippen LogP contribution in [0.1, 0.15) is 25.0 Å². The summed E-state index contributed by atoms with van der Waals surface area (Å²) >= 11 is 0. The second-order valence-electron chi connectivity index (χ2n) is 6.83. The van der Waals surface area contributed by atoms with Crippen LogP contribution in [-0.4, -0.2) is 37.0 Å². The Morgan fingerprint density at radius 2 is 1.93 bits per heavy atom. The fraction of sp³-hybridized carbons (Fsp3) is 0.318. The molecule has 148 valence electrons. The summed E-state index contributed by atoms with van der Waals surface area (Å²) in [7, 11) is 0. The average molecular weight is 382 g/mol. The van der Waals surface area contributed by atoms with E-state index in [0.29, 0.717) is 16.8 Å². The minimum atomic E-state index is -0.364. The molecule has 2 aromatic carbocycles. The Kier molecular flexibility index (Phi) is 6.31. The molecular weight excluding hydrogens is 355 g/mol. The molecule has 2 aromatic rings. The van der Waals surface area contributed by atoms with Gasteiger partial charge < -0.3 is 20.9 Å². The van der Waals surface area contributed by atoms with Gasteiger partial charge in [-0.3, -0.25) is 4.79 Å². The van der Waals surface area contributed by atoms with E-state index in [1.54, 1.807) is 12.3 Å². The Labute approximate surface area is 165 Å². The molecule has 0 unspecified atom stereocenters. The molecule has 6 heteroatoms. The first-order chi connectivity index (χ1) is 13.5. The molecule has 1 aliphatic rings. The van der Waals surface area contributed by atoms with Crippen molar-refractivity contribution in [2.45, 2.75) is 20.8 Å². The second kappa shape index (κ2) is 8.89. The molecule has 0 spiro atoms. The molecule has 0 aliphatic carbocycles. The van der Waals surface area contributed by atoms with Gasteiger partial charge in [0.1, 0.15) is 5.82 Å². The van der Waals surface area contributed by atoms with E-state index in [1.165, 1.54) is 12.1 Å². The highest BCUT2D eigenvalue weighted by molar-refractivity contribution is 6.31. The summed E-state index contributed by atoms with van der Waals surface area (Å²) in [5.41, 5.74) is 4.71. The summed E-state index contributed by atoms with van der Waals surface area (Å²) in [4.78, 5) is 14.5. The van der Waals surface area contributed by atoms with Crippen molar-refractivity contribution in [3.8, 4) is 0 Å². The number of halogens is 1. The molecule has 0 saturated carbocycles. The van der Waals surface area contributed by atoms with Crippen LogP contribution >= 0.6 is 0 Å². The van der Waals surface area contributed by atoms with Crippen LogP contribution in [0.25, 0.3) is 5.57 Å². The maximum Gasteiger partial charge on any atom is 0.257 e. The fourth-order valence-electron chi connectivity index (χ4n) is 3.30. The van der Waals surface area contributed by atoms with Gasteiger partial charge in [-0.2, -0.15) is 0 Å². The molecule has 5 nitrogen and oxygen atoms in total. The standard InChI is InChI=1S/C22H27FN4O/c1-4-27(5-2)11-10-24-20-9-7-17(12-15(20)3)25-14-19-18-13-16(23)6-8-21(18)26-22(19)28/h6-9,12-14,24-25H,4-5,10-11H2,1-3H3,(H,26,28). The van der Waals surface area contributed by atoms with Gasteiger partial charge in [-0.15, -0.1) is 0 Å². The lowest BCUT2D eigenvalue weighted by molar-refractivity contribution is -0.110. The van der Waals surface area contributed by atoms with E-state index in [4.69, 9.17) is 0 Å². The molecular formula is C22H27FN4O. The molecule has 3 N–H and O–H groups in total. The highest BCUT2D eigenvalue weighted by atomic mass is 19.1. The number of fused-ring (bicyclic) bond motifs is 1. The summed E-state index contributed by atoms with van der Waals surface area (Å²) in [5, 5.41) is 9.37. The van der Waals surface area contributed by atoms with Crippen molar-refractivity contribution in [2.75, 3.05) is 42.1 Å². The van der Waals surface area contributed by atoms with Crippen LogP contribution < -0.4 is 16.0 Å². The monoisotopic (exact) mass is 382 g/mol. The first kappa shape index (κ1) is 19.9. The van der Waals surface area contributed by atoms with Gasteiger partial charge in [0.05, 0.1) is 5.57 Å². The number of likely N-dealkylation sites (N-methyl/N-ethyl adjacent to an activating group) is 1. The van der Waals surface area contributed by atoms with Crippen molar-refractivity contribution < 1.29 is 9.18 Å². The number of hydrogen-bond acceptors (Lipinski definition) is 4. The quantitative estimate of drug-likeness (QED) is 0.596. The van der Waals surface area contributed by atoms with E-state index >= 15 is 0 Å². The van der Waals surface area contributed by atoms with Crippen molar-refractivity contribution >= 4 is 28.5 Å². The number of carbonyl (C=O) groups excluding carboxylic acids is 1. The van der Waals surface area contributed by atoms with Gasteiger partial charge >= 0.3 is 0 Å². The van der Waals surface area contributed by atoms with Gasteiger partial charge in [0, 0.05) is 41.9 Å². The van der Waals surface area contributed by atoms with Crippen molar-refractivity contribution in [3.05, 3.63) is 59.5 Å². The van der Waals surface area contributed by atoms with Gasteiger partial charge in [0.2, 0.25) is 0 Å². The van der Waals surface area contributed by atoms with Gasteiger partial charge in [-0.1, -0.05) is 13.8 Å². The van der Waals surface area contributed by atoms with E-state index in [0.717, 1.165) is 43.1 Å². The first-order valence-electron chi connectivity index (χ1n) is 9.66. The minimum Gasteiger partial charge on any atom is -0.384 e. The topological polar surface area (TPSA) is 56.4 Å². The lowest BCUT2D eigenvalue weighted by Crippen LogP contribution is -2.28. The number of anilines is 3. The van der Waals surface area contributed by atoms with Crippen LogP contribution in [0, 0.1) is 12.7 Å².